The molecule has 0 amide bonds. The zero-order valence-electron chi connectivity index (χ0n) is 9.08. The van der Waals surface area contributed by atoms with Crippen molar-refractivity contribution in [1.29, 1.82) is 0 Å². The number of benzene rings is 2. The van der Waals surface area contributed by atoms with E-state index in [9.17, 15) is 4.79 Å². The van der Waals surface area contributed by atoms with Crippen LogP contribution >= 0.6 is 0 Å². The number of carbonyl (C=O) groups excluding carboxylic acids is 1. The molecule has 2 aromatic carbocycles. The van der Waals surface area contributed by atoms with E-state index in [1.807, 2.05) is 36.4 Å². The highest BCUT2D eigenvalue weighted by Gasteiger charge is 2.07. The van der Waals surface area contributed by atoms with Gasteiger partial charge in [0, 0.05) is 5.56 Å². The van der Waals surface area contributed by atoms with Crippen molar-refractivity contribution in [1.82, 2.24) is 0 Å². The van der Waals surface area contributed by atoms with Gasteiger partial charge in [0.2, 0.25) is 0 Å². The first-order chi connectivity index (χ1) is 8.31. The Hall–Kier alpha value is -2.51. The van der Waals surface area contributed by atoms with Gasteiger partial charge in [-0.15, -0.1) is 0 Å². The predicted octanol–water partition coefficient (Wildman–Crippen LogP) is 2.84. The van der Waals surface area contributed by atoms with Crippen molar-refractivity contribution < 1.29 is 9.58 Å². The molecule has 0 radical (unpaired) electrons. The highest BCUT2D eigenvalue weighted by atomic mass is 16.1. The van der Waals surface area contributed by atoms with E-state index in [4.69, 9.17) is 5.53 Å². The second-order valence-corrected chi connectivity index (χ2v) is 3.56. The molecule has 0 N–H and O–H groups in total. The molecule has 0 spiro atoms. The monoisotopic (exact) mass is 222 g/mol. The highest BCUT2D eigenvalue weighted by molar-refractivity contribution is 6.33. The summed E-state index contributed by atoms with van der Waals surface area (Å²) in [6.07, 6.45) is 0.893. The maximum Gasteiger partial charge on any atom is 0.328 e. The first-order valence-corrected chi connectivity index (χ1v) is 5.18. The fourth-order valence-electron chi connectivity index (χ4n) is 1.61. The van der Waals surface area contributed by atoms with Crippen molar-refractivity contribution in [3.05, 3.63) is 65.7 Å². The molecule has 0 aromatic heterocycles. The molecule has 0 aliphatic heterocycles. The van der Waals surface area contributed by atoms with Crippen molar-refractivity contribution in [3.8, 4) is 11.1 Å². The summed E-state index contributed by atoms with van der Waals surface area (Å²) in [5.41, 5.74) is 10.8. The molecule has 0 bridgehead atoms. The Morgan fingerprint density at radius 3 is 2.41 bits per heavy atom. The van der Waals surface area contributed by atoms with Gasteiger partial charge in [-0.25, -0.2) is 0 Å². The lowest BCUT2D eigenvalue weighted by Crippen LogP contribution is -2.00. The van der Waals surface area contributed by atoms with Crippen LogP contribution in [0.1, 0.15) is 10.4 Å². The lowest BCUT2D eigenvalue weighted by molar-refractivity contribution is 0.00235. The average molecular weight is 222 g/mol. The highest BCUT2D eigenvalue weighted by Crippen LogP contribution is 2.19. The van der Waals surface area contributed by atoms with E-state index < -0.39 is 0 Å². The van der Waals surface area contributed by atoms with Gasteiger partial charge in [0.05, 0.1) is 0 Å². The topological polar surface area (TPSA) is 53.5 Å². The van der Waals surface area contributed by atoms with E-state index in [1.165, 1.54) is 0 Å². The minimum atomic E-state index is -0.315. The van der Waals surface area contributed by atoms with Crippen molar-refractivity contribution >= 4 is 12.0 Å². The van der Waals surface area contributed by atoms with Gasteiger partial charge in [0.1, 0.15) is 0 Å². The first-order valence-electron chi connectivity index (χ1n) is 5.18. The molecule has 0 fully saturated rings. The molecule has 0 saturated heterocycles. The van der Waals surface area contributed by atoms with Gasteiger partial charge in [-0.1, -0.05) is 48.5 Å². The Balaban J connectivity index is 2.42. The standard InChI is InChI=1S/C14H10N2O/c15-16-10-14(17)13-8-4-7-12(9-13)11-5-2-1-3-6-11/h1-10H. The van der Waals surface area contributed by atoms with Gasteiger partial charge in [0.25, 0.3) is 5.78 Å². The van der Waals surface area contributed by atoms with Crippen LogP contribution in [0.15, 0.2) is 54.6 Å². The summed E-state index contributed by atoms with van der Waals surface area (Å²) >= 11 is 0. The number of rotatable bonds is 3. The zero-order valence-corrected chi connectivity index (χ0v) is 9.08. The molecule has 17 heavy (non-hydrogen) atoms. The van der Waals surface area contributed by atoms with E-state index in [1.54, 1.807) is 18.2 Å². The number of ketones is 1. The van der Waals surface area contributed by atoms with Crippen LogP contribution in [0, 0.1) is 0 Å². The summed E-state index contributed by atoms with van der Waals surface area (Å²) in [6, 6.07) is 17.0. The molecular formula is C14H10N2O. The van der Waals surface area contributed by atoms with Crippen molar-refractivity contribution in [2.45, 2.75) is 0 Å². The van der Waals surface area contributed by atoms with E-state index in [-0.39, 0.29) is 5.78 Å². The Bertz CT molecular complexity index is 584. The van der Waals surface area contributed by atoms with Crippen LogP contribution in [0.4, 0.5) is 0 Å². The summed E-state index contributed by atoms with van der Waals surface area (Å²) < 4.78 is 0. The van der Waals surface area contributed by atoms with Crippen molar-refractivity contribution in [2.75, 3.05) is 0 Å². The number of hydrogen-bond acceptors (Lipinski definition) is 1. The van der Waals surface area contributed by atoms with Crippen molar-refractivity contribution in [3.63, 3.8) is 0 Å². The summed E-state index contributed by atoms with van der Waals surface area (Å²) in [4.78, 5) is 14.3. The molecule has 0 aliphatic rings. The molecule has 0 saturated carbocycles. The Morgan fingerprint density at radius 1 is 1.00 bits per heavy atom. The van der Waals surface area contributed by atoms with Crippen molar-refractivity contribution in [2.24, 2.45) is 0 Å². The maximum atomic E-state index is 11.5. The van der Waals surface area contributed by atoms with E-state index >= 15 is 0 Å². The Morgan fingerprint density at radius 2 is 1.71 bits per heavy atom. The van der Waals surface area contributed by atoms with Crippen LogP contribution in [0.3, 0.4) is 0 Å². The molecular weight excluding hydrogens is 212 g/mol. The normalized spacial score (nSPS) is 9.41. The fourth-order valence-corrected chi connectivity index (χ4v) is 1.61. The summed E-state index contributed by atoms with van der Waals surface area (Å²) in [7, 11) is 0. The summed E-state index contributed by atoms with van der Waals surface area (Å²) in [5.74, 6) is -0.315. The Kier molecular flexibility index (Phi) is 3.24. The maximum absolute atomic E-state index is 11.5. The minimum absolute atomic E-state index is 0.315. The van der Waals surface area contributed by atoms with Gasteiger partial charge < -0.3 is 5.53 Å². The van der Waals surface area contributed by atoms with Crippen LogP contribution < -0.4 is 0 Å². The first kappa shape index (κ1) is 11.0. The molecule has 2 rings (SSSR count). The molecule has 3 heteroatoms. The molecule has 0 unspecified atom stereocenters. The lowest BCUT2D eigenvalue weighted by atomic mass is 10.0. The molecule has 0 aliphatic carbocycles. The van der Waals surface area contributed by atoms with E-state index in [0.29, 0.717) is 5.56 Å². The number of carbonyl (C=O) groups is 1. The third-order valence-corrected chi connectivity index (χ3v) is 2.43. The fraction of sp³-hybridized carbons (Fsp3) is 0. The van der Waals surface area contributed by atoms with Gasteiger partial charge in [-0.05, 0) is 17.2 Å². The van der Waals surface area contributed by atoms with Gasteiger partial charge in [-0.3, -0.25) is 4.79 Å². The summed E-state index contributed by atoms with van der Waals surface area (Å²) in [6.45, 7) is 0. The van der Waals surface area contributed by atoms with Crippen LogP contribution in [-0.2, 0) is 0 Å². The van der Waals surface area contributed by atoms with Crippen LogP contribution in [-0.4, -0.2) is 16.8 Å². The third kappa shape index (κ3) is 2.54. The number of nitrogens with zero attached hydrogens (tertiary/aromatic N) is 2. The van der Waals surface area contributed by atoms with Gasteiger partial charge in [0.15, 0.2) is 0 Å². The van der Waals surface area contributed by atoms with Crippen LogP contribution in [0.25, 0.3) is 16.7 Å². The average Bonchev–Trinajstić information content (AvgIpc) is 2.40. The second kappa shape index (κ2) is 5.01. The second-order valence-electron chi connectivity index (χ2n) is 3.56. The zero-order chi connectivity index (χ0) is 12.1. The van der Waals surface area contributed by atoms with E-state index in [0.717, 1.165) is 17.3 Å². The smallest absolute Gasteiger partial charge is 0.328 e. The third-order valence-electron chi connectivity index (χ3n) is 2.43. The molecule has 0 atom stereocenters. The lowest BCUT2D eigenvalue weighted by Gasteiger charge is -2.02. The van der Waals surface area contributed by atoms with Gasteiger partial charge in [-0.2, -0.15) is 4.79 Å². The largest absolute Gasteiger partial charge is 0.361 e. The summed E-state index contributed by atoms with van der Waals surface area (Å²) in [5, 5.41) is 0. The molecule has 3 nitrogen and oxygen atoms in total. The number of Topliss-reactive ketones (excluding diaryl/α,β-unsaturated/α-hetero) is 1. The van der Waals surface area contributed by atoms with Crippen LogP contribution in [0.5, 0.6) is 0 Å². The Labute approximate surface area is 99.0 Å². The quantitative estimate of drug-likeness (QED) is 0.341. The van der Waals surface area contributed by atoms with Gasteiger partial charge >= 0.3 is 6.21 Å². The molecule has 2 aromatic rings. The molecule has 82 valence electrons. The number of hydrogen-bond donors (Lipinski definition) is 0. The predicted molar refractivity (Wildman–Crippen MR) is 65.9 cm³/mol. The minimum Gasteiger partial charge on any atom is -0.361 e. The SMILES string of the molecule is [N-]=[N+]=CC(=O)c1cccc(-c2ccccc2)c1. The van der Waals surface area contributed by atoms with Crippen LogP contribution in [0.2, 0.25) is 0 Å². The molecule has 0 heterocycles. The van der Waals surface area contributed by atoms with E-state index in [2.05, 4.69) is 4.79 Å².